The van der Waals surface area contributed by atoms with Gasteiger partial charge in [0.15, 0.2) is 0 Å². The van der Waals surface area contributed by atoms with E-state index >= 15 is 0 Å². The molecule has 0 fully saturated rings. The Labute approximate surface area is 122 Å². The molecule has 1 aromatic rings. The van der Waals surface area contributed by atoms with E-state index in [-0.39, 0.29) is 4.90 Å². The van der Waals surface area contributed by atoms with E-state index in [0.29, 0.717) is 18.2 Å². The lowest BCUT2D eigenvalue weighted by Gasteiger charge is -2.19. The molecule has 0 aliphatic heterocycles. The van der Waals surface area contributed by atoms with E-state index in [1.807, 2.05) is 19.1 Å². The first kappa shape index (κ1) is 17.0. The predicted octanol–water partition coefficient (Wildman–Crippen LogP) is 3.24. The number of hydrogen-bond acceptors (Lipinski definition) is 3. The van der Waals surface area contributed by atoms with Crippen molar-refractivity contribution in [2.24, 2.45) is 0 Å². The Kier molecular flexibility index (Phi) is 6.02. The SMILES string of the molecule is CCCCN(C)S(=O)(=O)c1ccc(C(C)C)cc1OC. The summed E-state index contributed by atoms with van der Waals surface area (Å²) in [6.07, 6.45) is 1.81. The van der Waals surface area contributed by atoms with E-state index in [4.69, 9.17) is 4.74 Å². The largest absolute Gasteiger partial charge is 0.495 e. The van der Waals surface area contributed by atoms with Crippen molar-refractivity contribution in [3.05, 3.63) is 23.8 Å². The Morgan fingerprint density at radius 1 is 1.30 bits per heavy atom. The molecule has 5 heteroatoms. The van der Waals surface area contributed by atoms with E-state index in [1.165, 1.54) is 11.4 Å². The molecule has 0 aliphatic rings. The smallest absolute Gasteiger partial charge is 0.246 e. The lowest BCUT2D eigenvalue weighted by Crippen LogP contribution is -2.28. The molecule has 1 rings (SSSR count). The number of sulfonamides is 1. The number of unbranched alkanes of at least 4 members (excludes halogenated alkanes) is 1. The van der Waals surface area contributed by atoms with Crippen molar-refractivity contribution in [1.29, 1.82) is 0 Å². The van der Waals surface area contributed by atoms with Gasteiger partial charge in [-0.1, -0.05) is 33.3 Å². The highest BCUT2D eigenvalue weighted by Gasteiger charge is 2.24. The van der Waals surface area contributed by atoms with Gasteiger partial charge in [-0.25, -0.2) is 12.7 Å². The maximum Gasteiger partial charge on any atom is 0.246 e. The Balaban J connectivity index is 3.17. The molecule has 114 valence electrons. The van der Waals surface area contributed by atoms with Gasteiger partial charge in [-0.05, 0) is 30.0 Å². The van der Waals surface area contributed by atoms with Crippen LogP contribution in [0.15, 0.2) is 23.1 Å². The highest BCUT2D eigenvalue weighted by atomic mass is 32.2. The van der Waals surface area contributed by atoms with Gasteiger partial charge < -0.3 is 4.74 Å². The second kappa shape index (κ2) is 7.09. The average molecular weight is 299 g/mol. The molecule has 0 saturated heterocycles. The molecular formula is C15H25NO3S. The van der Waals surface area contributed by atoms with Crippen LogP contribution >= 0.6 is 0 Å². The summed E-state index contributed by atoms with van der Waals surface area (Å²) in [7, 11) is -0.372. The van der Waals surface area contributed by atoms with Crippen LogP contribution in [0.2, 0.25) is 0 Å². The molecule has 4 nitrogen and oxygen atoms in total. The van der Waals surface area contributed by atoms with Crippen LogP contribution in [0.5, 0.6) is 5.75 Å². The lowest BCUT2D eigenvalue weighted by atomic mass is 10.0. The fourth-order valence-electron chi connectivity index (χ4n) is 1.93. The van der Waals surface area contributed by atoms with Crippen molar-refractivity contribution in [1.82, 2.24) is 4.31 Å². The third-order valence-electron chi connectivity index (χ3n) is 3.37. The molecule has 0 bridgehead atoms. The summed E-state index contributed by atoms with van der Waals surface area (Å²) in [6.45, 7) is 6.69. The van der Waals surface area contributed by atoms with Crippen molar-refractivity contribution < 1.29 is 13.2 Å². The van der Waals surface area contributed by atoms with Gasteiger partial charge in [-0.15, -0.1) is 0 Å². The van der Waals surface area contributed by atoms with Gasteiger partial charge >= 0.3 is 0 Å². The van der Waals surface area contributed by atoms with Gasteiger partial charge in [-0.2, -0.15) is 0 Å². The molecule has 0 saturated carbocycles. The number of hydrogen-bond donors (Lipinski definition) is 0. The van der Waals surface area contributed by atoms with Gasteiger partial charge in [0.05, 0.1) is 7.11 Å². The summed E-state index contributed by atoms with van der Waals surface area (Å²) in [4.78, 5) is 0.239. The number of nitrogens with zero attached hydrogens (tertiary/aromatic N) is 1. The van der Waals surface area contributed by atoms with E-state index in [1.54, 1.807) is 13.1 Å². The summed E-state index contributed by atoms with van der Waals surface area (Å²) in [5.74, 6) is 0.748. The first-order valence-electron chi connectivity index (χ1n) is 6.98. The fraction of sp³-hybridized carbons (Fsp3) is 0.600. The van der Waals surface area contributed by atoms with Gasteiger partial charge in [0.25, 0.3) is 0 Å². The predicted molar refractivity (Wildman–Crippen MR) is 81.8 cm³/mol. The summed E-state index contributed by atoms with van der Waals surface area (Å²) < 4.78 is 31.8. The van der Waals surface area contributed by atoms with Gasteiger partial charge in [-0.3, -0.25) is 0 Å². The van der Waals surface area contributed by atoms with Gasteiger partial charge in [0.1, 0.15) is 10.6 Å². The van der Waals surface area contributed by atoms with Crippen molar-refractivity contribution in [3.8, 4) is 5.75 Å². The molecule has 0 aliphatic carbocycles. The molecule has 1 aromatic carbocycles. The first-order valence-corrected chi connectivity index (χ1v) is 8.42. The van der Waals surface area contributed by atoms with Crippen LogP contribution in [0.4, 0.5) is 0 Å². The molecule has 0 heterocycles. The minimum absolute atomic E-state index is 0.239. The van der Waals surface area contributed by atoms with Crippen molar-refractivity contribution in [2.75, 3.05) is 20.7 Å². The second-order valence-electron chi connectivity index (χ2n) is 5.25. The topological polar surface area (TPSA) is 46.6 Å². The second-order valence-corrected chi connectivity index (χ2v) is 7.26. The zero-order valence-corrected chi connectivity index (χ0v) is 13.8. The highest BCUT2D eigenvalue weighted by Crippen LogP contribution is 2.29. The monoisotopic (exact) mass is 299 g/mol. The van der Waals surface area contributed by atoms with Crippen LogP contribution in [-0.2, 0) is 10.0 Å². The Bertz CT molecular complexity index is 538. The number of methoxy groups -OCH3 is 1. The van der Waals surface area contributed by atoms with E-state index in [9.17, 15) is 8.42 Å². The average Bonchev–Trinajstić information content (AvgIpc) is 2.43. The van der Waals surface area contributed by atoms with E-state index < -0.39 is 10.0 Å². The summed E-state index contributed by atoms with van der Waals surface area (Å²) in [6, 6.07) is 5.31. The molecule has 0 radical (unpaired) electrons. The van der Waals surface area contributed by atoms with Crippen LogP contribution in [-0.4, -0.2) is 33.4 Å². The molecule has 0 unspecified atom stereocenters. The van der Waals surface area contributed by atoms with E-state index in [0.717, 1.165) is 18.4 Å². The minimum atomic E-state index is -3.49. The van der Waals surface area contributed by atoms with Crippen molar-refractivity contribution in [3.63, 3.8) is 0 Å². The zero-order chi connectivity index (χ0) is 15.3. The van der Waals surface area contributed by atoms with Crippen LogP contribution in [0, 0.1) is 0 Å². The normalized spacial score (nSPS) is 12.2. The van der Waals surface area contributed by atoms with Crippen molar-refractivity contribution >= 4 is 10.0 Å². The summed E-state index contributed by atoms with van der Waals surface area (Å²) in [5, 5.41) is 0. The van der Waals surface area contributed by atoms with Crippen LogP contribution in [0.1, 0.15) is 45.1 Å². The third-order valence-corrected chi connectivity index (χ3v) is 5.27. The Hall–Kier alpha value is -1.07. The quantitative estimate of drug-likeness (QED) is 0.776. The minimum Gasteiger partial charge on any atom is -0.495 e. The van der Waals surface area contributed by atoms with Crippen molar-refractivity contribution in [2.45, 2.75) is 44.4 Å². The molecule has 0 atom stereocenters. The number of rotatable bonds is 7. The van der Waals surface area contributed by atoms with E-state index in [2.05, 4.69) is 13.8 Å². The third kappa shape index (κ3) is 3.73. The maximum absolute atomic E-state index is 12.5. The standard InChI is InChI=1S/C15H25NO3S/c1-6-7-10-16(4)20(17,18)15-9-8-13(12(2)3)11-14(15)19-5/h8-9,11-12H,6-7,10H2,1-5H3. The van der Waals surface area contributed by atoms with Crippen LogP contribution in [0.3, 0.4) is 0 Å². The molecule has 0 amide bonds. The Morgan fingerprint density at radius 2 is 1.95 bits per heavy atom. The first-order chi connectivity index (χ1) is 9.34. The summed E-state index contributed by atoms with van der Waals surface area (Å²) in [5.41, 5.74) is 1.07. The molecular weight excluding hydrogens is 274 g/mol. The van der Waals surface area contributed by atoms with Crippen LogP contribution < -0.4 is 4.74 Å². The fourth-order valence-corrected chi connectivity index (χ4v) is 3.27. The molecule has 20 heavy (non-hydrogen) atoms. The van der Waals surface area contributed by atoms with Crippen LogP contribution in [0.25, 0.3) is 0 Å². The van der Waals surface area contributed by atoms with Gasteiger partial charge in [0.2, 0.25) is 10.0 Å². The maximum atomic E-state index is 12.5. The Morgan fingerprint density at radius 3 is 2.45 bits per heavy atom. The number of ether oxygens (including phenoxy) is 1. The summed E-state index contributed by atoms with van der Waals surface area (Å²) >= 11 is 0. The molecule has 0 aromatic heterocycles. The zero-order valence-electron chi connectivity index (χ0n) is 13.0. The molecule has 0 N–H and O–H groups in total. The lowest BCUT2D eigenvalue weighted by molar-refractivity contribution is 0.396. The number of benzene rings is 1. The van der Waals surface area contributed by atoms with Gasteiger partial charge in [0, 0.05) is 13.6 Å². The highest BCUT2D eigenvalue weighted by molar-refractivity contribution is 7.89. The molecule has 0 spiro atoms.